The maximum Gasteiger partial charge on any atom is 0.0414 e. The third kappa shape index (κ3) is 2.55. The molecular formula is C16H25N. The Kier molecular flexibility index (Phi) is 3.58. The molecule has 1 aliphatic rings. The predicted octanol–water partition coefficient (Wildman–Crippen LogP) is 4.12. The summed E-state index contributed by atoms with van der Waals surface area (Å²) in [6.07, 6.45) is 7.56. The maximum absolute atomic E-state index is 6.73. The van der Waals surface area contributed by atoms with E-state index in [-0.39, 0.29) is 5.54 Å². The summed E-state index contributed by atoms with van der Waals surface area (Å²) < 4.78 is 0. The van der Waals surface area contributed by atoms with E-state index < -0.39 is 0 Å². The summed E-state index contributed by atoms with van der Waals surface area (Å²) in [5, 5.41) is 0. The molecule has 0 radical (unpaired) electrons. The Morgan fingerprint density at radius 3 is 1.82 bits per heavy atom. The van der Waals surface area contributed by atoms with Crippen LogP contribution in [0.1, 0.15) is 60.8 Å². The Morgan fingerprint density at radius 1 is 0.882 bits per heavy atom. The first-order valence-corrected chi connectivity index (χ1v) is 6.90. The molecule has 1 aromatic carbocycles. The van der Waals surface area contributed by atoms with Crippen molar-refractivity contribution in [2.45, 2.75) is 64.8 Å². The molecule has 17 heavy (non-hydrogen) atoms. The monoisotopic (exact) mass is 231 g/mol. The quantitative estimate of drug-likeness (QED) is 0.723. The van der Waals surface area contributed by atoms with Gasteiger partial charge >= 0.3 is 0 Å². The lowest BCUT2D eigenvalue weighted by molar-refractivity contribution is 0.381. The standard InChI is InChI=1S/C16H25N/c1-12-10-13(2)15(14(3)11-12)16(17)8-6-4-5-7-9-16/h10-11H,4-9,17H2,1-3H3. The van der Waals surface area contributed by atoms with E-state index in [1.807, 2.05) is 0 Å². The third-order valence-corrected chi connectivity index (χ3v) is 4.17. The van der Waals surface area contributed by atoms with Gasteiger partial charge in [-0.15, -0.1) is 0 Å². The van der Waals surface area contributed by atoms with E-state index in [0.29, 0.717) is 0 Å². The maximum atomic E-state index is 6.73. The molecule has 0 spiro atoms. The molecule has 1 aromatic rings. The Bertz CT molecular complexity index is 375. The van der Waals surface area contributed by atoms with Gasteiger partial charge in [0.1, 0.15) is 0 Å². The fourth-order valence-corrected chi connectivity index (χ4v) is 3.57. The van der Waals surface area contributed by atoms with Gasteiger partial charge in [0.2, 0.25) is 0 Å². The molecule has 1 nitrogen and oxygen atoms in total. The minimum Gasteiger partial charge on any atom is -0.321 e. The van der Waals surface area contributed by atoms with Crippen LogP contribution in [0.15, 0.2) is 12.1 Å². The van der Waals surface area contributed by atoms with Crippen LogP contribution in [0, 0.1) is 20.8 Å². The minimum absolute atomic E-state index is 0.0711. The van der Waals surface area contributed by atoms with Gasteiger partial charge in [0.25, 0.3) is 0 Å². The summed E-state index contributed by atoms with van der Waals surface area (Å²) in [4.78, 5) is 0. The van der Waals surface area contributed by atoms with Gasteiger partial charge in [0, 0.05) is 5.54 Å². The average molecular weight is 231 g/mol. The Hall–Kier alpha value is -0.820. The number of nitrogens with two attached hydrogens (primary N) is 1. The first-order chi connectivity index (χ1) is 8.03. The van der Waals surface area contributed by atoms with Gasteiger partial charge in [-0.2, -0.15) is 0 Å². The normalized spacial score (nSPS) is 20.0. The van der Waals surface area contributed by atoms with Crippen molar-refractivity contribution in [3.63, 3.8) is 0 Å². The lowest BCUT2D eigenvalue weighted by atomic mass is 9.79. The summed E-state index contributed by atoms with van der Waals surface area (Å²) in [7, 11) is 0. The highest BCUT2D eigenvalue weighted by molar-refractivity contribution is 5.42. The van der Waals surface area contributed by atoms with Gasteiger partial charge in [-0.25, -0.2) is 0 Å². The SMILES string of the molecule is Cc1cc(C)c(C2(N)CCCCCC2)c(C)c1. The molecule has 1 aliphatic carbocycles. The van der Waals surface area contributed by atoms with E-state index in [4.69, 9.17) is 5.73 Å². The van der Waals surface area contributed by atoms with E-state index in [1.54, 1.807) is 0 Å². The molecule has 2 rings (SSSR count). The smallest absolute Gasteiger partial charge is 0.0414 e. The molecule has 0 aromatic heterocycles. The molecular weight excluding hydrogens is 206 g/mol. The molecule has 0 atom stereocenters. The molecule has 0 heterocycles. The number of rotatable bonds is 1. The van der Waals surface area contributed by atoms with Gasteiger partial charge in [-0.1, -0.05) is 43.4 Å². The van der Waals surface area contributed by atoms with Crippen LogP contribution in [0.5, 0.6) is 0 Å². The van der Waals surface area contributed by atoms with Crippen molar-refractivity contribution in [2.24, 2.45) is 5.73 Å². The van der Waals surface area contributed by atoms with E-state index in [0.717, 1.165) is 12.8 Å². The van der Waals surface area contributed by atoms with Crippen LogP contribution in [0.4, 0.5) is 0 Å². The van der Waals surface area contributed by atoms with Gasteiger partial charge < -0.3 is 5.73 Å². The van der Waals surface area contributed by atoms with Crippen LogP contribution in [0.25, 0.3) is 0 Å². The minimum atomic E-state index is -0.0711. The van der Waals surface area contributed by atoms with Crippen LogP contribution in [-0.2, 0) is 5.54 Å². The van der Waals surface area contributed by atoms with Crippen molar-refractivity contribution in [1.29, 1.82) is 0 Å². The lowest BCUT2D eigenvalue weighted by Gasteiger charge is -2.32. The molecule has 0 bridgehead atoms. The van der Waals surface area contributed by atoms with Crippen molar-refractivity contribution in [1.82, 2.24) is 0 Å². The molecule has 0 unspecified atom stereocenters. The van der Waals surface area contributed by atoms with Gasteiger partial charge in [0.05, 0.1) is 0 Å². The lowest BCUT2D eigenvalue weighted by Crippen LogP contribution is -2.37. The predicted molar refractivity (Wildman–Crippen MR) is 74.2 cm³/mol. The Balaban J connectivity index is 2.44. The Labute approximate surface area is 105 Å². The molecule has 1 saturated carbocycles. The topological polar surface area (TPSA) is 26.0 Å². The molecule has 0 saturated heterocycles. The van der Waals surface area contributed by atoms with E-state index >= 15 is 0 Å². The summed E-state index contributed by atoms with van der Waals surface area (Å²) in [5.74, 6) is 0. The third-order valence-electron chi connectivity index (χ3n) is 4.17. The highest BCUT2D eigenvalue weighted by atomic mass is 14.7. The first kappa shape index (κ1) is 12.6. The molecule has 2 N–H and O–H groups in total. The second-order valence-corrected chi connectivity index (χ2v) is 5.84. The molecule has 0 amide bonds. The fourth-order valence-electron chi connectivity index (χ4n) is 3.57. The zero-order valence-electron chi connectivity index (χ0n) is 11.5. The average Bonchev–Trinajstić information content (AvgIpc) is 2.41. The van der Waals surface area contributed by atoms with Crippen molar-refractivity contribution < 1.29 is 0 Å². The van der Waals surface area contributed by atoms with Crippen LogP contribution in [0.3, 0.4) is 0 Å². The van der Waals surface area contributed by atoms with Gasteiger partial charge in [-0.05, 0) is 50.3 Å². The van der Waals surface area contributed by atoms with Crippen LogP contribution in [0.2, 0.25) is 0 Å². The molecule has 1 fully saturated rings. The zero-order chi connectivity index (χ0) is 12.5. The second kappa shape index (κ2) is 4.81. The summed E-state index contributed by atoms with van der Waals surface area (Å²) in [6.45, 7) is 6.60. The van der Waals surface area contributed by atoms with Crippen LogP contribution in [-0.4, -0.2) is 0 Å². The van der Waals surface area contributed by atoms with Crippen molar-refractivity contribution in [2.75, 3.05) is 0 Å². The van der Waals surface area contributed by atoms with E-state index in [9.17, 15) is 0 Å². The first-order valence-electron chi connectivity index (χ1n) is 6.90. The van der Waals surface area contributed by atoms with Gasteiger partial charge in [0.15, 0.2) is 0 Å². The summed E-state index contributed by atoms with van der Waals surface area (Å²) >= 11 is 0. The number of hydrogen-bond acceptors (Lipinski definition) is 1. The van der Waals surface area contributed by atoms with Crippen molar-refractivity contribution >= 4 is 0 Å². The van der Waals surface area contributed by atoms with E-state index in [2.05, 4.69) is 32.9 Å². The molecule has 0 aliphatic heterocycles. The zero-order valence-corrected chi connectivity index (χ0v) is 11.5. The largest absolute Gasteiger partial charge is 0.321 e. The Morgan fingerprint density at radius 2 is 1.35 bits per heavy atom. The molecule has 1 heteroatoms. The highest BCUT2D eigenvalue weighted by Crippen LogP contribution is 2.37. The van der Waals surface area contributed by atoms with Crippen molar-refractivity contribution in [3.05, 3.63) is 34.4 Å². The van der Waals surface area contributed by atoms with Gasteiger partial charge in [-0.3, -0.25) is 0 Å². The van der Waals surface area contributed by atoms with Crippen LogP contribution >= 0.6 is 0 Å². The second-order valence-electron chi connectivity index (χ2n) is 5.84. The van der Waals surface area contributed by atoms with E-state index in [1.165, 1.54) is 47.9 Å². The number of aryl methyl sites for hydroxylation is 3. The van der Waals surface area contributed by atoms with Crippen molar-refractivity contribution in [3.8, 4) is 0 Å². The highest BCUT2D eigenvalue weighted by Gasteiger charge is 2.30. The summed E-state index contributed by atoms with van der Waals surface area (Å²) in [5.41, 5.74) is 12.2. The summed E-state index contributed by atoms with van der Waals surface area (Å²) in [6, 6.07) is 4.56. The van der Waals surface area contributed by atoms with Crippen LogP contribution < -0.4 is 5.73 Å². The fraction of sp³-hybridized carbons (Fsp3) is 0.625. The molecule has 94 valence electrons. The number of hydrogen-bond donors (Lipinski definition) is 1. The number of benzene rings is 1.